The number of halogens is 5. The number of hydrogen-bond acceptors (Lipinski definition) is 2. The van der Waals surface area contributed by atoms with E-state index in [4.69, 9.17) is 46.4 Å². The molecule has 1 N–H and O–H groups in total. The zero-order valence-electron chi connectivity index (χ0n) is 17.3. The van der Waals surface area contributed by atoms with Gasteiger partial charge < -0.3 is 5.32 Å². The highest BCUT2D eigenvalue weighted by molar-refractivity contribution is 6.53. The zero-order valence-corrected chi connectivity index (χ0v) is 20.4. The number of aryl methyl sites for hydroxylation is 1. The SMILES string of the molecule is Cc1ccc(NC(=O)C2C(c3cc(Cl)cc(Cl)c3)C2(Cl)Cl)cc1C(=O)Cc1ccc(F)cc1. The van der Waals surface area contributed by atoms with Crippen LogP contribution in [-0.4, -0.2) is 16.0 Å². The third-order valence-electron chi connectivity index (χ3n) is 5.66. The van der Waals surface area contributed by atoms with Crippen molar-refractivity contribution in [3.05, 3.63) is 98.8 Å². The highest BCUT2D eigenvalue weighted by atomic mass is 35.5. The first-order chi connectivity index (χ1) is 15.6. The minimum absolute atomic E-state index is 0.116. The van der Waals surface area contributed by atoms with E-state index in [9.17, 15) is 14.0 Å². The normalized spacial score (nSPS) is 18.6. The number of carbonyl (C=O) groups excluding carboxylic acids is 2. The molecule has 1 aliphatic rings. The standard InChI is InChI=1S/C25H18Cl4FNO2/c1-13-2-7-19(12-20(13)21(32)8-14-3-5-18(30)6-4-14)31-24(33)23-22(25(23,28)29)15-9-16(26)11-17(27)10-15/h2-7,9-12,22-23H,8H2,1H3,(H,31,33). The number of nitrogens with one attached hydrogen (secondary N) is 1. The summed E-state index contributed by atoms with van der Waals surface area (Å²) in [5.41, 5.74) is 3.06. The Balaban J connectivity index is 1.50. The van der Waals surface area contributed by atoms with Crippen molar-refractivity contribution in [2.75, 3.05) is 5.32 Å². The first-order valence-corrected chi connectivity index (χ1v) is 11.6. The molecule has 0 radical (unpaired) electrons. The Hall–Kier alpha value is -2.11. The highest BCUT2D eigenvalue weighted by Gasteiger charge is 2.67. The maximum absolute atomic E-state index is 13.1. The summed E-state index contributed by atoms with van der Waals surface area (Å²) in [7, 11) is 0. The van der Waals surface area contributed by atoms with Gasteiger partial charge in [-0.05, 0) is 66.1 Å². The second kappa shape index (κ2) is 9.27. The molecule has 3 aromatic carbocycles. The summed E-state index contributed by atoms with van der Waals surface area (Å²) in [6, 6.07) is 15.8. The van der Waals surface area contributed by atoms with Gasteiger partial charge in [-0.1, -0.05) is 41.4 Å². The van der Waals surface area contributed by atoms with Crippen LogP contribution in [0, 0.1) is 18.7 Å². The molecule has 0 heterocycles. The molecule has 0 bridgehead atoms. The minimum atomic E-state index is -1.30. The van der Waals surface area contributed by atoms with Crippen LogP contribution in [0.3, 0.4) is 0 Å². The lowest BCUT2D eigenvalue weighted by molar-refractivity contribution is -0.117. The molecule has 33 heavy (non-hydrogen) atoms. The second-order valence-corrected chi connectivity index (χ2v) is 10.4. The van der Waals surface area contributed by atoms with Crippen LogP contribution in [0.1, 0.15) is 33.0 Å². The van der Waals surface area contributed by atoms with Gasteiger partial charge in [0.1, 0.15) is 10.2 Å². The van der Waals surface area contributed by atoms with Gasteiger partial charge in [-0.15, -0.1) is 23.2 Å². The van der Waals surface area contributed by atoms with E-state index in [1.807, 2.05) is 6.92 Å². The van der Waals surface area contributed by atoms with Crippen LogP contribution in [0.2, 0.25) is 10.0 Å². The second-order valence-electron chi connectivity index (χ2n) is 8.08. The lowest BCUT2D eigenvalue weighted by Crippen LogP contribution is -2.17. The quantitative estimate of drug-likeness (QED) is 0.270. The third kappa shape index (κ3) is 5.20. The van der Waals surface area contributed by atoms with Crippen LogP contribution in [0.4, 0.5) is 10.1 Å². The number of alkyl halides is 2. The summed E-state index contributed by atoms with van der Waals surface area (Å²) in [6.07, 6.45) is 0.116. The predicted octanol–water partition coefficient (Wildman–Crippen LogP) is 7.39. The fourth-order valence-electron chi connectivity index (χ4n) is 3.93. The number of rotatable bonds is 6. The Morgan fingerprint density at radius 3 is 2.24 bits per heavy atom. The third-order valence-corrected chi connectivity index (χ3v) is 7.04. The Morgan fingerprint density at radius 1 is 0.970 bits per heavy atom. The maximum atomic E-state index is 13.1. The van der Waals surface area contributed by atoms with Crippen LogP contribution >= 0.6 is 46.4 Å². The molecular weight excluding hydrogens is 507 g/mol. The fourth-order valence-corrected chi connectivity index (χ4v) is 5.30. The molecule has 3 aromatic rings. The summed E-state index contributed by atoms with van der Waals surface area (Å²) >= 11 is 25.0. The van der Waals surface area contributed by atoms with Crippen molar-refractivity contribution in [2.45, 2.75) is 23.6 Å². The van der Waals surface area contributed by atoms with Crippen molar-refractivity contribution >= 4 is 63.8 Å². The van der Waals surface area contributed by atoms with Crippen molar-refractivity contribution in [3.8, 4) is 0 Å². The summed E-state index contributed by atoms with van der Waals surface area (Å²) in [6.45, 7) is 1.81. The van der Waals surface area contributed by atoms with Gasteiger partial charge in [0.15, 0.2) is 5.78 Å². The monoisotopic (exact) mass is 523 g/mol. The molecule has 3 nitrogen and oxygen atoms in total. The average Bonchev–Trinajstić information content (AvgIpc) is 3.32. The fraction of sp³-hybridized carbons (Fsp3) is 0.200. The van der Waals surface area contributed by atoms with Gasteiger partial charge in [-0.2, -0.15) is 0 Å². The molecule has 0 aromatic heterocycles. The van der Waals surface area contributed by atoms with Crippen molar-refractivity contribution in [2.24, 2.45) is 5.92 Å². The summed E-state index contributed by atoms with van der Waals surface area (Å²) < 4.78 is 11.8. The maximum Gasteiger partial charge on any atom is 0.231 e. The minimum Gasteiger partial charge on any atom is -0.326 e. The van der Waals surface area contributed by atoms with Crippen LogP contribution in [0.25, 0.3) is 0 Å². The molecule has 1 amide bonds. The van der Waals surface area contributed by atoms with Gasteiger partial charge in [-0.3, -0.25) is 9.59 Å². The Kier molecular flexibility index (Phi) is 6.75. The number of amides is 1. The van der Waals surface area contributed by atoms with E-state index in [1.165, 1.54) is 12.1 Å². The molecule has 170 valence electrons. The van der Waals surface area contributed by atoms with Gasteiger partial charge in [0.2, 0.25) is 5.91 Å². The topological polar surface area (TPSA) is 46.2 Å². The van der Waals surface area contributed by atoms with E-state index < -0.39 is 16.2 Å². The van der Waals surface area contributed by atoms with Crippen LogP contribution in [0.15, 0.2) is 60.7 Å². The zero-order chi connectivity index (χ0) is 23.9. The molecule has 1 saturated carbocycles. The molecule has 2 atom stereocenters. The van der Waals surface area contributed by atoms with Crippen LogP contribution < -0.4 is 5.32 Å². The Labute approximate surface area is 210 Å². The van der Waals surface area contributed by atoms with Gasteiger partial charge in [0, 0.05) is 33.6 Å². The van der Waals surface area contributed by atoms with Crippen molar-refractivity contribution < 1.29 is 14.0 Å². The largest absolute Gasteiger partial charge is 0.326 e. The molecule has 1 fully saturated rings. The number of anilines is 1. The van der Waals surface area contributed by atoms with Gasteiger partial charge >= 0.3 is 0 Å². The first-order valence-electron chi connectivity index (χ1n) is 10.1. The molecule has 2 unspecified atom stereocenters. The van der Waals surface area contributed by atoms with E-state index in [0.717, 1.165) is 5.56 Å². The predicted molar refractivity (Wildman–Crippen MR) is 131 cm³/mol. The molecule has 0 spiro atoms. The Morgan fingerprint density at radius 2 is 1.61 bits per heavy atom. The van der Waals surface area contributed by atoms with Crippen molar-refractivity contribution in [3.63, 3.8) is 0 Å². The number of benzene rings is 3. The van der Waals surface area contributed by atoms with Crippen LogP contribution in [-0.2, 0) is 11.2 Å². The molecule has 1 aliphatic carbocycles. The number of ketones is 1. The van der Waals surface area contributed by atoms with Crippen LogP contribution in [0.5, 0.6) is 0 Å². The van der Waals surface area contributed by atoms with E-state index in [-0.39, 0.29) is 23.9 Å². The molecule has 0 saturated heterocycles. The number of carbonyl (C=O) groups is 2. The van der Waals surface area contributed by atoms with Gasteiger partial charge in [0.25, 0.3) is 0 Å². The van der Waals surface area contributed by atoms with Crippen molar-refractivity contribution in [1.29, 1.82) is 0 Å². The Bertz CT molecular complexity index is 1220. The molecule has 8 heteroatoms. The van der Waals surface area contributed by atoms with E-state index in [0.29, 0.717) is 32.4 Å². The average molecular weight is 525 g/mol. The summed E-state index contributed by atoms with van der Waals surface area (Å²) in [4.78, 5) is 25.8. The number of hydrogen-bond donors (Lipinski definition) is 1. The lowest BCUT2D eigenvalue weighted by atomic mass is 9.98. The summed E-state index contributed by atoms with van der Waals surface area (Å²) in [5.74, 6) is -2.06. The van der Waals surface area contributed by atoms with Gasteiger partial charge in [-0.25, -0.2) is 4.39 Å². The molecule has 4 rings (SSSR count). The van der Waals surface area contributed by atoms with E-state index in [1.54, 1.807) is 48.5 Å². The highest BCUT2D eigenvalue weighted by Crippen LogP contribution is 2.65. The van der Waals surface area contributed by atoms with Crippen molar-refractivity contribution in [1.82, 2.24) is 0 Å². The molecular formula is C25H18Cl4FNO2. The molecule has 0 aliphatic heterocycles. The van der Waals surface area contributed by atoms with E-state index in [2.05, 4.69) is 5.32 Å². The lowest BCUT2D eigenvalue weighted by Gasteiger charge is -2.10. The smallest absolute Gasteiger partial charge is 0.231 e. The number of Topliss-reactive ketones (excluding diaryl/α,β-unsaturated/α-hetero) is 1. The first kappa shape index (κ1) is 24.0. The van der Waals surface area contributed by atoms with Gasteiger partial charge in [0.05, 0.1) is 5.92 Å². The van der Waals surface area contributed by atoms with E-state index >= 15 is 0 Å². The summed E-state index contributed by atoms with van der Waals surface area (Å²) in [5, 5.41) is 3.66.